The van der Waals surface area contributed by atoms with Crippen LogP contribution in [0.5, 0.6) is 0 Å². The number of benzene rings is 1. The Balaban J connectivity index is 1.39. The Morgan fingerprint density at radius 2 is 1.91 bits per heavy atom. The van der Waals surface area contributed by atoms with Crippen molar-refractivity contribution in [3.63, 3.8) is 0 Å². The van der Waals surface area contributed by atoms with Gasteiger partial charge in [0.05, 0.1) is 12.5 Å². The van der Waals surface area contributed by atoms with Gasteiger partial charge in [0, 0.05) is 35.5 Å². The number of hydrogen-bond acceptors (Lipinski definition) is 6. The minimum Gasteiger partial charge on any atom is -0.316 e. The molecule has 0 fully saturated rings. The predicted molar refractivity (Wildman–Crippen MR) is 126 cm³/mol. The fraction of sp³-hybridized carbons (Fsp3) is 0.261. The van der Waals surface area contributed by atoms with Gasteiger partial charge in [0.15, 0.2) is 5.65 Å². The zero-order valence-electron chi connectivity index (χ0n) is 17.9. The van der Waals surface area contributed by atoms with Gasteiger partial charge in [0.1, 0.15) is 0 Å². The quantitative estimate of drug-likeness (QED) is 0.360. The number of pyridine rings is 1. The van der Waals surface area contributed by atoms with Gasteiger partial charge in [-0.1, -0.05) is 18.2 Å². The third-order valence-electron chi connectivity index (χ3n) is 5.06. The molecule has 1 aromatic carbocycles. The standard InChI is InChI=1S/C23H26N6O2S/c1-32(30,31)28-20-7-2-6-19(15-20)22-17-27-29-21(10-14-26-23(22)29)8-4-11-24-13-9-18-5-3-12-25-16-18/h2-3,5-7,10,12,14-17,24,28H,4,8-9,11,13H2,1H3. The molecule has 0 saturated carbocycles. The molecule has 0 atom stereocenters. The Labute approximate surface area is 187 Å². The van der Waals surface area contributed by atoms with E-state index in [2.05, 4.69) is 31.2 Å². The molecule has 0 aliphatic carbocycles. The molecule has 0 radical (unpaired) electrons. The minimum atomic E-state index is -3.34. The fourth-order valence-electron chi connectivity index (χ4n) is 3.60. The summed E-state index contributed by atoms with van der Waals surface area (Å²) < 4.78 is 27.5. The summed E-state index contributed by atoms with van der Waals surface area (Å²) in [5.74, 6) is 0. The molecule has 32 heavy (non-hydrogen) atoms. The Hall–Kier alpha value is -3.30. The number of sulfonamides is 1. The second-order valence-corrected chi connectivity index (χ2v) is 9.40. The highest BCUT2D eigenvalue weighted by Crippen LogP contribution is 2.26. The second kappa shape index (κ2) is 9.88. The van der Waals surface area contributed by atoms with E-state index in [1.807, 2.05) is 35.0 Å². The van der Waals surface area contributed by atoms with Gasteiger partial charge in [-0.25, -0.2) is 17.9 Å². The van der Waals surface area contributed by atoms with Crippen molar-refractivity contribution in [2.75, 3.05) is 24.1 Å². The molecule has 0 bridgehead atoms. The third-order valence-corrected chi connectivity index (χ3v) is 5.66. The Morgan fingerprint density at radius 1 is 1.00 bits per heavy atom. The van der Waals surface area contributed by atoms with Crippen molar-refractivity contribution in [3.05, 3.63) is 78.5 Å². The average molecular weight is 451 g/mol. The van der Waals surface area contributed by atoms with Crippen molar-refractivity contribution >= 4 is 21.4 Å². The second-order valence-electron chi connectivity index (χ2n) is 7.65. The predicted octanol–water partition coefficient (Wildman–Crippen LogP) is 2.93. The van der Waals surface area contributed by atoms with E-state index in [9.17, 15) is 8.42 Å². The Morgan fingerprint density at radius 3 is 2.72 bits per heavy atom. The summed E-state index contributed by atoms with van der Waals surface area (Å²) in [6.07, 6.45) is 11.2. The normalized spacial score (nSPS) is 11.7. The fourth-order valence-corrected chi connectivity index (χ4v) is 4.15. The molecule has 0 amide bonds. The van der Waals surface area contributed by atoms with E-state index < -0.39 is 10.0 Å². The largest absolute Gasteiger partial charge is 0.316 e. The SMILES string of the molecule is CS(=O)(=O)Nc1cccc(-c2cnn3c(CCCNCCc4cccnc4)ccnc23)c1. The topological polar surface area (TPSA) is 101 Å². The van der Waals surface area contributed by atoms with Crippen LogP contribution in [0.15, 0.2) is 67.3 Å². The lowest BCUT2D eigenvalue weighted by Gasteiger charge is -2.08. The molecular formula is C23H26N6O2S. The first-order valence-corrected chi connectivity index (χ1v) is 12.4. The van der Waals surface area contributed by atoms with Gasteiger partial charge in [0.2, 0.25) is 10.0 Å². The van der Waals surface area contributed by atoms with Gasteiger partial charge in [0.25, 0.3) is 0 Å². The van der Waals surface area contributed by atoms with Crippen LogP contribution in [0.4, 0.5) is 5.69 Å². The number of rotatable bonds is 10. The molecule has 0 unspecified atom stereocenters. The van der Waals surface area contributed by atoms with E-state index in [1.54, 1.807) is 30.7 Å². The Bertz CT molecular complexity index is 1290. The van der Waals surface area contributed by atoms with Crippen LogP contribution >= 0.6 is 0 Å². The van der Waals surface area contributed by atoms with E-state index in [1.165, 1.54) is 5.56 Å². The summed E-state index contributed by atoms with van der Waals surface area (Å²) >= 11 is 0. The summed E-state index contributed by atoms with van der Waals surface area (Å²) in [5.41, 5.74) is 5.30. The van der Waals surface area contributed by atoms with Gasteiger partial charge >= 0.3 is 0 Å². The highest BCUT2D eigenvalue weighted by molar-refractivity contribution is 7.92. The van der Waals surface area contributed by atoms with Gasteiger partial charge in [-0.05, 0) is 67.7 Å². The van der Waals surface area contributed by atoms with Crippen LogP contribution in [0.3, 0.4) is 0 Å². The molecule has 0 spiro atoms. The lowest BCUT2D eigenvalue weighted by molar-refractivity contribution is 0.607. The van der Waals surface area contributed by atoms with Crippen LogP contribution in [-0.2, 0) is 22.9 Å². The van der Waals surface area contributed by atoms with Crippen LogP contribution in [0.25, 0.3) is 16.8 Å². The maximum absolute atomic E-state index is 11.5. The molecule has 4 rings (SSSR count). The molecule has 3 aromatic heterocycles. The van der Waals surface area contributed by atoms with Crippen LogP contribution in [-0.4, -0.2) is 47.3 Å². The summed E-state index contributed by atoms with van der Waals surface area (Å²) in [6, 6.07) is 13.3. The van der Waals surface area contributed by atoms with Gasteiger partial charge in [-0.3, -0.25) is 9.71 Å². The smallest absolute Gasteiger partial charge is 0.229 e. The van der Waals surface area contributed by atoms with E-state index in [0.717, 1.165) is 61.1 Å². The van der Waals surface area contributed by atoms with Crippen molar-refractivity contribution in [1.82, 2.24) is 24.9 Å². The van der Waals surface area contributed by atoms with E-state index in [4.69, 9.17) is 0 Å². The number of anilines is 1. The van der Waals surface area contributed by atoms with Crippen molar-refractivity contribution < 1.29 is 8.42 Å². The van der Waals surface area contributed by atoms with E-state index >= 15 is 0 Å². The molecule has 9 heteroatoms. The summed E-state index contributed by atoms with van der Waals surface area (Å²) in [6.45, 7) is 1.83. The zero-order valence-corrected chi connectivity index (χ0v) is 18.7. The van der Waals surface area contributed by atoms with Crippen LogP contribution < -0.4 is 10.0 Å². The van der Waals surface area contributed by atoms with Crippen molar-refractivity contribution in [2.45, 2.75) is 19.3 Å². The minimum absolute atomic E-state index is 0.512. The third kappa shape index (κ3) is 5.68. The monoisotopic (exact) mass is 450 g/mol. The molecule has 3 heterocycles. The van der Waals surface area contributed by atoms with Crippen LogP contribution in [0.2, 0.25) is 0 Å². The number of aromatic nitrogens is 4. The maximum atomic E-state index is 11.5. The first-order chi connectivity index (χ1) is 15.5. The number of nitrogens with one attached hydrogen (secondary N) is 2. The molecule has 4 aromatic rings. The van der Waals surface area contributed by atoms with Gasteiger partial charge in [-0.2, -0.15) is 5.10 Å². The van der Waals surface area contributed by atoms with Gasteiger partial charge in [-0.15, -0.1) is 0 Å². The molecule has 0 aliphatic heterocycles. The van der Waals surface area contributed by atoms with Gasteiger partial charge < -0.3 is 5.32 Å². The maximum Gasteiger partial charge on any atom is 0.229 e. The molecule has 8 nitrogen and oxygen atoms in total. The highest BCUT2D eigenvalue weighted by Gasteiger charge is 2.12. The number of fused-ring (bicyclic) bond motifs is 1. The zero-order chi connectivity index (χ0) is 22.4. The molecular weight excluding hydrogens is 424 g/mol. The summed E-state index contributed by atoms with van der Waals surface area (Å²) in [4.78, 5) is 8.65. The summed E-state index contributed by atoms with van der Waals surface area (Å²) in [5, 5.41) is 8.02. The lowest BCUT2D eigenvalue weighted by atomic mass is 10.1. The van der Waals surface area contributed by atoms with Crippen LogP contribution in [0.1, 0.15) is 17.7 Å². The average Bonchev–Trinajstić information content (AvgIpc) is 3.21. The number of nitrogens with zero attached hydrogens (tertiary/aromatic N) is 4. The lowest BCUT2D eigenvalue weighted by Crippen LogP contribution is -2.19. The summed E-state index contributed by atoms with van der Waals surface area (Å²) in [7, 11) is -3.34. The molecule has 2 N–H and O–H groups in total. The van der Waals surface area contributed by atoms with Crippen molar-refractivity contribution in [1.29, 1.82) is 0 Å². The Kier molecular flexibility index (Phi) is 6.77. The highest BCUT2D eigenvalue weighted by atomic mass is 32.2. The van der Waals surface area contributed by atoms with Crippen LogP contribution in [0, 0.1) is 0 Å². The number of aryl methyl sites for hydroxylation is 1. The first-order valence-electron chi connectivity index (χ1n) is 10.5. The first kappa shape index (κ1) is 21.9. The van der Waals surface area contributed by atoms with Crippen molar-refractivity contribution in [2.24, 2.45) is 0 Å². The molecule has 0 saturated heterocycles. The molecule has 166 valence electrons. The molecule has 0 aliphatic rings. The van der Waals surface area contributed by atoms with E-state index in [-0.39, 0.29) is 0 Å². The van der Waals surface area contributed by atoms with Crippen molar-refractivity contribution in [3.8, 4) is 11.1 Å². The van der Waals surface area contributed by atoms with E-state index in [0.29, 0.717) is 5.69 Å². The number of hydrogen-bond donors (Lipinski definition) is 2.